The van der Waals surface area contributed by atoms with E-state index in [-0.39, 0.29) is 12.7 Å². The van der Waals surface area contributed by atoms with Crippen molar-refractivity contribution in [3.8, 4) is 11.3 Å². The monoisotopic (exact) mass is 459 g/mol. The van der Waals surface area contributed by atoms with Crippen molar-refractivity contribution in [1.29, 1.82) is 0 Å². The number of alkyl carbamates (subject to hydrolysis) is 1. The summed E-state index contributed by atoms with van der Waals surface area (Å²) in [5, 5.41) is 7.04. The van der Waals surface area contributed by atoms with Gasteiger partial charge in [0.05, 0.1) is 16.9 Å². The van der Waals surface area contributed by atoms with Crippen LogP contribution in [0.1, 0.15) is 18.5 Å². The standard InChI is InChI=1S/C25H25N5O2S/c31-25(32-15-20-16-33-17-28-20)27-13-18-8-11-30(12-9-18)24-6-2-5-23(29-24)22-4-1-3-19-14-26-10-7-21(19)22/h1-7,10,14,16-18H,8-9,11-13,15H2,(H,27,31). The molecule has 4 aromatic rings. The van der Waals surface area contributed by atoms with Crippen LogP contribution in [-0.4, -0.2) is 40.7 Å². The third-order valence-corrected chi connectivity index (χ3v) is 6.63. The molecule has 0 bridgehead atoms. The van der Waals surface area contributed by atoms with Crippen LogP contribution in [0.25, 0.3) is 22.0 Å². The van der Waals surface area contributed by atoms with E-state index in [0.29, 0.717) is 12.5 Å². The highest BCUT2D eigenvalue weighted by atomic mass is 32.1. The number of rotatable bonds is 6. The second-order valence-electron chi connectivity index (χ2n) is 8.15. The zero-order valence-electron chi connectivity index (χ0n) is 18.2. The molecule has 7 nitrogen and oxygen atoms in total. The number of carbonyl (C=O) groups is 1. The van der Waals surface area contributed by atoms with Crippen LogP contribution in [-0.2, 0) is 11.3 Å². The Kier molecular flexibility index (Phi) is 6.44. The maximum atomic E-state index is 12.0. The summed E-state index contributed by atoms with van der Waals surface area (Å²) >= 11 is 1.49. The Bertz CT molecular complexity index is 1220. The predicted molar refractivity (Wildman–Crippen MR) is 130 cm³/mol. The van der Waals surface area contributed by atoms with Gasteiger partial charge < -0.3 is 15.0 Å². The number of nitrogens with zero attached hydrogens (tertiary/aromatic N) is 4. The van der Waals surface area contributed by atoms with Gasteiger partial charge in [0.1, 0.15) is 12.4 Å². The van der Waals surface area contributed by atoms with Crippen LogP contribution in [0.5, 0.6) is 0 Å². The fourth-order valence-corrected chi connectivity index (χ4v) is 4.73. The summed E-state index contributed by atoms with van der Waals surface area (Å²) in [6.45, 7) is 2.66. The van der Waals surface area contributed by atoms with Gasteiger partial charge in [-0.2, -0.15) is 0 Å². The van der Waals surface area contributed by atoms with Crippen molar-refractivity contribution in [3.05, 3.63) is 71.4 Å². The van der Waals surface area contributed by atoms with Crippen molar-refractivity contribution in [2.24, 2.45) is 5.92 Å². The van der Waals surface area contributed by atoms with Crippen LogP contribution in [0.15, 0.2) is 65.7 Å². The lowest BCUT2D eigenvalue weighted by Crippen LogP contribution is -2.39. The van der Waals surface area contributed by atoms with E-state index in [9.17, 15) is 4.79 Å². The van der Waals surface area contributed by atoms with Crippen LogP contribution in [0.2, 0.25) is 0 Å². The first-order valence-electron chi connectivity index (χ1n) is 11.1. The van der Waals surface area contributed by atoms with Crippen molar-refractivity contribution in [2.75, 3.05) is 24.5 Å². The third kappa shape index (κ3) is 5.12. The molecule has 1 aliphatic heterocycles. The van der Waals surface area contributed by atoms with Gasteiger partial charge in [-0.05, 0) is 42.3 Å². The summed E-state index contributed by atoms with van der Waals surface area (Å²) in [5.74, 6) is 1.43. The molecule has 1 fully saturated rings. The molecule has 168 valence electrons. The molecular formula is C25H25N5O2S. The van der Waals surface area contributed by atoms with E-state index < -0.39 is 0 Å². The smallest absolute Gasteiger partial charge is 0.407 e. The molecule has 0 atom stereocenters. The maximum absolute atomic E-state index is 12.0. The first-order chi connectivity index (χ1) is 16.3. The van der Waals surface area contributed by atoms with Crippen molar-refractivity contribution in [3.63, 3.8) is 0 Å². The molecule has 5 rings (SSSR count). The van der Waals surface area contributed by atoms with E-state index in [1.165, 1.54) is 11.3 Å². The van der Waals surface area contributed by atoms with Crippen molar-refractivity contribution in [1.82, 2.24) is 20.3 Å². The fourth-order valence-electron chi connectivity index (χ4n) is 4.19. The molecule has 0 saturated carbocycles. The molecule has 1 saturated heterocycles. The van der Waals surface area contributed by atoms with Gasteiger partial charge in [0.15, 0.2) is 0 Å². The lowest BCUT2D eigenvalue weighted by atomic mass is 9.97. The van der Waals surface area contributed by atoms with E-state index in [4.69, 9.17) is 9.72 Å². The van der Waals surface area contributed by atoms with Gasteiger partial charge in [0, 0.05) is 48.4 Å². The normalized spacial score (nSPS) is 14.4. The molecule has 1 amide bonds. The predicted octanol–water partition coefficient (Wildman–Crippen LogP) is 4.90. The van der Waals surface area contributed by atoms with Crippen LogP contribution in [0.4, 0.5) is 10.6 Å². The van der Waals surface area contributed by atoms with Crippen LogP contribution in [0.3, 0.4) is 0 Å². The summed E-state index contributed by atoms with van der Waals surface area (Å²) in [6.07, 6.45) is 5.32. The van der Waals surface area contributed by atoms with Gasteiger partial charge in [-0.1, -0.05) is 24.3 Å². The average Bonchev–Trinajstić information content (AvgIpc) is 3.40. The Labute approximate surface area is 196 Å². The first-order valence-corrected chi connectivity index (χ1v) is 12.0. The minimum absolute atomic E-state index is 0.211. The molecular weight excluding hydrogens is 434 g/mol. The molecule has 3 aromatic heterocycles. The molecule has 1 aromatic carbocycles. The number of nitrogens with one attached hydrogen (secondary N) is 1. The highest BCUT2D eigenvalue weighted by Crippen LogP contribution is 2.29. The number of carbonyl (C=O) groups excluding carboxylic acids is 1. The molecule has 1 N–H and O–H groups in total. The number of thiazole rings is 1. The fraction of sp³-hybridized carbons (Fsp3) is 0.280. The SMILES string of the molecule is O=C(NCC1CCN(c2cccc(-c3cccc4cnccc34)n2)CC1)OCc1cscn1. The van der Waals surface area contributed by atoms with E-state index >= 15 is 0 Å². The molecule has 1 aliphatic rings. The number of benzene rings is 1. The number of piperidine rings is 1. The Balaban J connectivity index is 1.16. The van der Waals surface area contributed by atoms with Crippen molar-refractivity contribution in [2.45, 2.75) is 19.4 Å². The second-order valence-corrected chi connectivity index (χ2v) is 8.87. The van der Waals surface area contributed by atoms with Gasteiger partial charge >= 0.3 is 6.09 Å². The van der Waals surface area contributed by atoms with Crippen LogP contribution in [0, 0.1) is 5.92 Å². The summed E-state index contributed by atoms with van der Waals surface area (Å²) in [4.78, 5) is 27.6. The van der Waals surface area contributed by atoms with E-state index in [1.807, 2.05) is 29.9 Å². The Morgan fingerprint density at radius 3 is 2.88 bits per heavy atom. The quantitative estimate of drug-likeness (QED) is 0.442. The van der Waals surface area contributed by atoms with Gasteiger partial charge in [-0.25, -0.2) is 14.8 Å². The van der Waals surface area contributed by atoms with E-state index in [0.717, 1.165) is 59.5 Å². The molecule has 4 heterocycles. The number of pyridine rings is 2. The van der Waals surface area contributed by atoms with Crippen LogP contribution >= 0.6 is 11.3 Å². The second kappa shape index (κ2) is 9.95. The molecule has 0 aliphatic carbocycles. The third-order valence-electron chi connectivity index (χ3n) is 6.00. The first kappa shape index (κ1) is 21.3. The summed E-state index contributed by atoms with van der Waals surface area (Å²) in [6, 6.07) is 14.5. The van der Waals surface area contributed by atoms with E-state index in [1.54, 1.807) is 5.51 Å². The zero-order valence-corrected chi connectivity index (χ0v) is 19.0. The highest BCUT2D eigenvalue weighted by molar-refractivity contribution is 7.07. The molecule has 0 unspecified atom stereocenters. The van der Waals surface area contributed by atoms with Crippen molar-refractivity contribution >= 4 is 34.0 Å². The van der Waals surface area contributed by atoms with E-state index in [2.05, 4.69) is 50.5 Å². The largest absolute Gasteiger partial charge is 0.443 e. The molecule has 33 heavy (non-hydrogen) atoms. The Hall–Kier alpha value is -3.52. The lowest BCUT2D eigenvalue weighted by Gasteiger charge is -2.33. The topological polar surface area (TPSA) is 80.2 Å². The Morgan fingerprint density at radius 1 is 1.15 bits per heavy atom. The number of aromatic nitrogens is 3. The molecule has 8 heteroatoms. The minimum atomic E-state index is -0.384. The number of amides is 1. The number of anilines is 1. The minimum Gasteiger partial charge on any atom is -0.443 e. The van der Waals surface area contributed by atoms with Gasteiger partial charge in [0.2, 0.25) is 0 Å². The van der Waals surface area contributed by atoms with Gasteiger partial charge in [-0.15, -0.1) is 11.3 Å². The van der Waals surface area contributed by atoms with Crippen LogP contribution < -0.4 is 10.2 Å². The Morgan fingerprint density at radius 2 is 2.03 bits per heavy atom. The van der Waals surface area contributed by atoms with Gasteiger partial charge in [-0.3, -0.25) is 4.98 Å². The summed E-state index contributed by atoms with van der Waals surface area (Å²) < 4.78 is 5.22. The highest BCUT2D eigenvalue weighted by Gasteiger charge is 2.21. The zero-order chi connectivity index (χ0) is 22.5. The van der Waals surface area contributed by atoms with Crippen molar-refractivity contribution < 1.29 is 9.53 Å². The molecule has 0 spiro atoms. The number of hydrogen-bond acceptors (Lipinski definition) is 7. The average molecular weight is 460 g/mol. The lowest BCUT2D eigenvalue weighted by molar-refractivity contribution is 0.136. The van der Waals surface area contributed by atoms with Gasteiger partial charge in [0.25, 0.3) is 0 Å². The summed E-state index contributed by atoms with van der Waals surface area (Å²) in [7, 11) is 0. The number of ether oxygens (including phenoxy) is 1. The molecule has 0 radical (unpaired) electrons. The number of hydrogen-bond donors (Lipinski definition) is 1. The summed E-state index contributed by atoms with van der Waals surface area (Å²) in [5.41, 5.74) is 4.59. The number of fused-ring (bicyclic) bond motifs is 1. The maximum Gasteiger partial charge on any atom is 0.407 e.